The van der Waals surface area contributed by atoms with Crippen LogP contribution >= 0.6 is 0 Å². The first kappa shape index (κ1) is 30.5. The summed E-state index contributed by atoms with van der Waals surface area (Å²) in [6.07, 6.45) is 0. The van der Waals surface area contributed by atoms with Gasteiger partial charge in [-0.2, -0.15) is 0 Å². The van der Waals surface area contributed by atoms with Gasteiger partial charge in [-0.05, 0) is 105 Å². The van der Waals surface area contributed by atoms with Gasteiger partial charge in [-0.1, -0.05) is 129 Å². The van der Waals surface area contributed by atoms with Crippen molar-refractivity contribution in [3.63, 3.8) is 0 Å². The van der Waals surface area contributed by atoms with Crippen LogP contribution in [0.25, 0.3) is 99.0 Å². The molecule has 11 aromatic rings. The summed E-state index contributed by atoms with van der Waals surface area (Å²) in [5.74, 6) is 0.914. The van der Waals surface area contributed by atoms with Gasteiger partial charge in [0.25, 0.3) is 0 Å². The molecule has 0 unspecified atom stereocenters. The zero-order valence-corrected chi connectivity index (χ0v) is 30.6. The Bertz CT molecular complexity index is 3400. The fraction of sp³-hybridized carbons (Fsp3) is 0.0577. The number of benzene rings is 8. The lowest BCUT2D eigenvalue weighted by Gasteiger charge is -2.22. The molecule has 0 radical (unpaired) electrons. The van der Waals surface area contributed by atoms with Crippen molar-refractivity contribution in [2.45, 2.75) is 19.3 Å². The SMILES string of the molecule is CC1(C)c2ccccc2-c2cc3c(-c4ccc5ccccc5c4)cc(-n4c5ccccc5c5cc6c7ccccc7n(-c7ccccc7)c6cc54)nc3cc21. The van der Waals surface area contributed by atoms with Crippen molar-refractivity contribution in [2.75, 3.05) is 0 Å². The van der Waals surface area contributed by atoms with E-state index in [2.05, 4.69) is 199 Å². The van der Waals surface area contributed by atoms with Crippen LogP contribution in [0.5, 0.6) is 0 Å². The van der Waals surface area contributed by atoms with Crippen LogP contribution in [-0.2, 0) is 5.41 Å². The second kappa shape index (κ2) is 11.0. The van der Waals surface area contributed by atoms with Gasteiger partial charge in [0, 0.05) is 38.0 Å². The van der Waals surface area contributed by atoms with Gasteiger partial charge in [-0.3, -0.25) is 4.57 Å². The highest BCUT2D eigenvalue weighted by Crippen LogP contribution is 2.51. The molecule has 1 aliphatic rings. The first-order valence-electron chi connectivity index (χ1n) is 19.1. The highest BCUT2D eigenvalue weighted by atomic mass is 15.1. The monoisotopic (exact) mass is 701 g/mol. The van der Waals surface area contributed by atoms with E-state index in [9.17, 15) is 0 Å². The molecule has 0 N–H and O–H groups in total. The summed E-state index contributed by atoms with van der Waals surface area (Å²) in [6, 6.07) is 64.6. The maximum absolute atomic E-state index is 5.63. The third kappa shape index (κ3) is 4.24. The summed E-state index contributed by atoms with van der Waals surface area (Å²) in [5, 5.41) is 8.57. The van der Waals surface area contributed by atoms with E-state index >= 15 is 0 Å². The zero-order chi connectivity index (χ0) is 36.4. The number of hydrogen-bond donors (Lipinski definition) is 0. The molecule has 3 heterocycles. The Morgan fingerprint density at radius 1 is 0.400 bits per heavy atom. The molecule has 3 aromatic heterocycles. The lowest BCUT2D eigenvalue weighted by Crippen LogP contribution is -2.15. The predicted octanol–water partition coefficient (Wildman–Crippen LogP) is 13.6. The molecule has 3 heteroatoms. The summed E-state index contributed by atoms with van der Waals surface area (Å²) >= 11 is 0. The number of aromatic nitrogens is 3. The molecule has 12 rings (SSSR count). The van der Waals surface area contributed by atoms with E-state index in [0.29, 0.717) is 0 Å². The topological polar surface area (TPSA) is 22.8 Å². The number of rotatable bonds is 3. The molecule has 0 atom stereocenters. The van der Waals surface area contributed by atoms with E-state index in [1.807, 2.05) is 0 Å². The van der Waals surface area contributed by atoms with Gasteiger partial charge in [0.15, 0.2) is 0 Å². The van der Waals surface area contributed by atoms with Crippen LogP contribution in [0.15, 0.2) is 176 Å². The first-order valence-corrected chi connectivity index (χ1v) is 19.1. The van der Waals surface area contributed by atoms with Gasteiger partial charge in [0.1, 0.15) is 5.82 Å². The molecular weight excluding hydrogens is 667 g/mol. The first-order chi connectivity index (χ1) is 27.0. The smallest absolute Gasteiger partial charge is 0.138 e. The van der Waals surface area contributed by atoms with Gasteiger partial charge in [0.2, 0.25) is 0 Å². The van der Waals surface area contributed by atoms with Crippen molar-refractivity contribution in [2.24, 2.45) is 0 Å². The molecule has 0 aliphatic heterocycles. The molecule has 0 saturated heterocycles. The van der Waals surface area contributed by atoms with Crippen molar-refractivity contribution >= 4 is 65.3 Å². The van der Waals surface area contributed by atoms with Crippen molar-refractivity contribution in [1.82, 2.24) is 14.1 Å². The summed E-state index contributed by atoms with van der Waals surface area (Å²) in [5.41, 5.74) is 14.4. The summed E-state index contributed by atoms with van der Waals surface area (Å²) < 4.78 is 4.80. The standard InChI is InChI=1S/C52H35N3/c1-52(2)44-21-11-8-18-36(44)40-27-41-39(34-25-24-32-14-6-7-15-33(32)26-34)29-51(53-46(41)30-45(40)52)55-48-23-13-10-20-38(48)43-28-42-37-19-9-12-22-47(37)54(49(42)31-50(43)55)35-16-4-3-5-17-35/h3-31H,1-2H3. The van der Waals surface area contributed by atoms with E-state index in [4.69, 9.17) is 4.98 Å². The highest BCUT2D eigenvalue weighted by Gasteiger charge is 2.36. The number of fused-ring (bicyclic) bond motifs is 11. The quantitative estimate of drug-likeness (QED) is 0.180. The van der Waals surface area contributed by atoms with E-state index in [-0.39, 0.29) is 5.41 Å². The Hall–Kier alpha value is -6.97. The Labute approximate surface area is 318 Å². The van der Waals surface area contributed by atoms with Crippen molar-refractivity contribution in [3.05, 3.63) is 187 Å². The van der Waals surface area contributed by atoms with Gasteiger partial charge >= 0.3 is 0 Å². The molecule has 0 spiro atoms. The van der Waals surface area contributed by atoms with E-state index in [1.165, 1.54) is 76.7 Å². The fourth-order valence-corrected chi connectivity index (χ4v) is 9.65. The third-order valence-electron chi connectivity index (χ3n) is 12.3. The Morgan fingerprint density at radius 2 is 1.05 bits per heavy atom. The molecule has 3 nitrogen and oxygen atoms in total. The highest BCUT2D eigenvalue weighted by molar-refractivity contribution is 6.19. The maximum Gasteiger partial charge on any atom is 0.138 e. The lowest BCUT2D eigenvalue weighted by molar-refractivity contribution is 0.661. The average molecular weight is 702 g/mol. The van der Waals surface area contributed by atoms with Crippen LogP contribution in [0.3, 0.4) is 0 Å². The summed E-state index contributed by atoms with van der Waals surface area (Å²) in [6.45, 7) is 4.70. The molecule has 1 aliphatic carbocycles. The van der Waals surface area contributed by atoms with E-state index < -0.39 is 0 Å². The number of para-hydroxylation sites is 3. The van der Waals surface area contributed by atoms with Gasteiger partial charge in [-0.25, -0.2) is 4.98 Å². The fourth-order valence-electron chi connectivity index (χ4n) is 9.65. The molecule has 55 heavy (non-hydrogen) atoms. The average Bonchev–Trinajstić information content (AvgIpc) is 3.81. The normalized spacial score (nSPS) is 13.4. The molecule has 258 valence electrons. The third-order valence-corrected chi connectivity index (χ3v) is 12.3. The Kier molecular flexibility index (Phi) is 6.12. The van der Waals surface area contributed by atoms with Crippen molar-refractivity contribution in [1.29, 1.82) is 0 Å². The van der Waals surface area contributed by atoms with Crippen LogP contribution in [0.4, 0.5) is 0 Å². The van der Waals surface area contributed by atoms with E-state index in [1.54, 1.807) is 0 Å². The van der Waals surface area contributed by atoms with Crippen LogP contribution in [0.1, 0.15) is 25.0 Å². The number of pyridine rings is 1. The van der Waals surface area contributed by atoms with Gasteiger partial charge in [-0.15, -0.1) is 0 Å². The molecule has 0 bridgehead atoms. The molecule has 0 fully saturated rings. The molecule has 0 amide bonds. The van der Waals surface area contributed by atoms with Crippen molar-refractivity contribution in [3.8, 4) is 33.8 Å². The van der Waals surface area contributed by atoms with Crippen LogP contribution < -0.4 is 0 Å². The molecule has 0 saturated carbocycles. The van der Waals surface area contributed by atoms with Crippen LogP contribution in [-0.4, -0.2) is 14.1 Å². The van der Waals surface area contributed by atoms with Crippen molar-refractivity contribution < 1.29 is 0 Å². The minimum atomic E-state index is -0.135. The minimum absolute atomic E-state index is 0.135. The summed E-state index contributed by atoms with van der Waals surface area (Å²) in [7, 11) is 0. The van der Waals surface area contributed by atoms with Crippen LogP contribution in [0, 0.1) is 0 Å². The van der Waals surface area contributed by atoms with Gasteiger partial charge < -0.3 is 4.57 Å². The van der Waals surface area contributed by atoms with Crippen LogP contribution in [0.2, 0.25) is 0 Å². The summed E-state index contributed by atoms with van der Waals surface area (Å²) in [4.78, 5) is 5.63. The van der Waals surface area contributed by atoms with Gasteiger partial charge in [0.05, 0.1) is 27.6 Å². The number of hydrogen-bond acceptors (Lipinski definition) is 1. The maximum atomic E-state index is 5.63. The lowest BCUT2D eigenvalue weighted by atomic mass is 9.82. The largest absolute Gasteiger partial charge is 0.309 e. The predicted molar refractivity (Wildman–Crippen MR) is 231 cm³/mol. The molecular formula is C52H35N3. The second-order valence-corrected chi connectivity index (χ2v) is 15.6. The second-order valence-electron chi connectivity index (χ2n) is 15.6. The molecule has 8 aromatic carbocycles. The number of nitrogens with zero attached hydrogens (tertiary/aromatic N) is 3. The Balaban J connectivity index is 1.21. The minimum Gasteiger partial charge on any atom is -0.309 e. The Morgan fingerprint density at radius 3 is 1.85 bits per heavy atom. The van der Waals surface area contributed by atoms with E-state index in [0.717, 1.165) is 33.4 Å². The zero-order valence-electron chi connectivity index (χ0n) is 30.6.